The molecule has 32 valence electrons. The van der Waals surface area contributed by atoms with Gasteiger partial charge in [-0.15, -0.1) is 0 Å². The SMILES string of the molecule is [TeH]C1C=CC=C1. The van der Waals surface area contributed by atoms with Crippen LogP contribution in [0.1, 0.15) is 0 Å². The van der Waals surface area contributed by atoms with Crippen LogP contribution in [0.15, 0.2) is 24.3 Å². The van der Waals surface area contributed by atoms with E-state index in [4.69, 9.17) is 0 Å². The van der Waals surface area contributed by atoms with Gasteiger partial charge in [-0.1, -0.05) is 0 Å². The van der Waals surface area contributed by atoms with Crippen molar-refractivity contribution in [2.75, 3.05) is 0 Å². The first-order valence-corrected chi connectivity index (χ1v) is 3.40. The molecule has 0 aromatic rings. The summed E-state index contributed by atoms with van der Waals surface area (Å²) in [5.41, 5.74) is 0. The van der Waals surface area contributed by atoms with E-state index in [9.17, 15) is 0 Å². The van der Waals surface area contributed by atoms with Crippen molar-refractivity contribution in [2.24, 2.45) is 0 Å². The van der Waals surface area contributed by atoms with Crippen molar-refractivity contribution in [3.05, 3.63) is 24.3 Å². The molecule has 0 aromatic heterocycles. The predicted molar refractivity (Wildman–Crippen MR) is 29.2 cm³/mol. The van der Waals surface area contributed by atoms with Crippen LogP contribution in [0.2, 0.25) is 3.97 Å². The summed E-state index contributed by atoms with van der Waals surface area (Å²) in [4.78, 5) is 0. The minimum atomic E-state index is 0.735. The van der Waals surface area contributed by atoms with Gasteiger partial charge in [-0.25, -0.2) is 0 Å². The summed E-state index contributed by atoms with van der Waals surface area (Å²) in [5.74, 6) is 0. The van der Waals surface area contributed by atoms with Crippen molar-refractivity contribution in [3.8, 4) is 0 Å². The van der Waals surface area contributed by atoms with Crippen LogP contribution in [0.5, 0.6) is 0 Å². The average molecular weight is 194 g/mol. The van der Waals surface area contributed by atoms with Gasteiger partial charge in [0.2, 0.25) is 0 Å². The monoisotopic (exact) mass is 196 g/mol. The molecule has 0 amide bonds. The van der Waals surface area contributed by atoms with E-state index in [0.717, 1.165) is 3.97 Å². The van der Waals surface area contributed by atoms with Gasteiger partial charge in [0.1, 0.15) is 0 Å². The van der Waals surface area contributed by atoms with Gasteiger partial charge in [-0.2, -0.15) is 0 Å². The van der Waals surface area contributed by atoms with E-state index in [1.807, 2.05) is 22.3 Å². The van der Waals surface area contributed by atoms with Crippen LogP contribution in [0.4, 0.5) is 0 Å². The summed E-state index contributed by atoms with van der Waals surface area (Å²) in [6, 6.07) is 0. The van der Waals surface area contributed by atoms with Crippen LogP contribution in [-0.2, 0) is 0 Å². The Bertz CT molecular complexity index is 80.1. The van der Waals surface area contributed by atoms with Crippen molar-refractivity contribution in [3.63, 3.8) is 0 Å². The number of allylic oxidation sites excluding steroid dienone is 4. The first-order chi connectivity index (χ1) is 2.89. The zero-order chi connectivity index (χ0) is 4.41. The summed E-state index contributed by atoms with van der Waals surface area (Å²) >= 11 is 1.85. The molecule has 0 unspecified atom stereocenters. The number of hydrogen-bond acceptors (Lipinski definition) is 0. The molecule has 0 nitrogen and oxygen atoms in total. The Labute approximate surface area is 50.8 Å². The van der Waals surface area contributed by atoms with Gasteiger partial charge in [0.15, 0.2) is 0 Å². The summed E-state index contributed by atoms with van der Waals surface area (Å²) in [6.07, 6.45) is 8.55. The van der Waals surface area contributed by atoms with E-state index in [2.05, 4.69) is 24.3 Å². The van der Waals surface area contributed by atoms with Gasteiger partial charge in [-0.3, -0.25) is 0 Å². The zero-order valence-electron chi connectivity index (χ0n) is 3.33. The summed E-state index contributed by atoms with van der Waals surface area (Å²) in [6.45, 7) is 0. The molecule has 0 fully saturated rings. The Morgan fingerprint density at radius 1 is 1.17 bits per heavy atom. The number of hydrogen-bond donors (Lipinski definition) is 0. The average Bonchev–Trinajstić information content (AvgIpc) is 1.86. The van der Waals surface area contributed by atoms with Crippen LogP contribution in [0, 0.1) is 0 Å². The first-order valence-electron chi connectivity index (χ1n) is 1.92. The molecule has 1 heteroatoms. The Morgan fingerprint density at radius 2 is 1.67 bits per heavy atom. The quantitative estimate of drug-likeness (QED) is 0.500. The molecular weight excluding hydrogens is 188 g/mol. The van der Waals surface area contributed by atoms with E-state index in [1.54, 1.807) is 0 Å². The van der Waals surface area contributed by atoms with E-state index >= 15 is 0 Å². The molecule has 6 heavy (non-hydrogen) atoms. The standard InChI is InChI=1S/C5H6Te/c6-5-3-1-2-4-5/h1-6H. The van der Waals surface area contributed by atoms with E-state index in [1.165, 1.54) is 0 Å². The molecule has 0 heterocycles. The molecule has 1 aliphatic carbocycles. The van der Waals surface area contributed by atoms with Crippen molar-refractivity contribution in [1.82, 2.24) is 0 Å². The van der Waals surface area contributed by atoms with Crippen LogP contribution < -0.4 is 0 Å². The predicted octanol–water partition coefficient (Wildman–Crippen LogP) is 0.802. The molecule has 0 aliphatic heterocycles. The summed E-state index contributed by atoms with van der Waals surface area (Å²) in [7, 11) is 0. The third-order valence-corrected chi connectivity index (χ3v) is 1.71. The first kappa shape index (κ1) is 4.43. The Hall–Kier alpha value is 0.270. The maximum absolute atomic E-state index is 2.19. The molecule has 0 saturated heterocycles. The topological polar surface area (TPSA) is 0 Å². The van der Waals surface area contributed by atoms with Gasteiger partial charge in [0, 0.05) is 0 Å². The van der Waals surface area contributed by atoms with Crippen molar-refractivity contribution in [1.29, 1.82) is 0 Å². The Kier molecular flexibility index (Phi) is 1.34. The number of rotatable bonds is 0. The second-order valence-corrected chi connectivity index (χ2v) is 2.96. The van der Waals surface area contributed by atoms with Gasteiger partial charge in [0.05, 0.1) is 0 Å². The van der Waals surface area contributed by atoms with E-state index in [0.29, 0.717) is 0 Å². The van der Waals surface area contributed by atoms with Gasteiger partial charge in [-0.05, 0) is 0 Å². The maximum atomic E-state index is 2.19. The zero-order valence-corrected chi connectivity index (χ0v) is 5.89. The van der Waals surface area contributed by atoms with Gasteiger partial charge in [0.25, 0.3) is 0 Å². The minimum absolute atomic E-state index is 0.735. The van der Waals surface area contributed by atoms with Crippen molar-refractivity contribution in [2.45, 2.75) is 3.97 Å². The fraction of sp³-hybridized carbons (Fsp3) is 0.200. The van der Waals surface area contributed by atoms with Crippen molar-refractivity contribution >= 4 is 22.3 Å². The van der Waals surface area contributed by atoms with Gasteiger partial charge >= 0.3 is 50.6 Å². The molecule has 0 spiro atoms. The van der Waals surface area contributed by atoms with Crippen LogP contribution in [0.3, 0.4) is 0 Å². The summed E-state index contributed by atoms with van der Waals surface area (Å²) < 4.78 is 0.735. The van der Waals surface area contributed by atoms with E-state index < -0.39 is 0 Å². The molecule has 0 saturated carbocycles. The third kappa shape index (κ3) is 0.864. The van der Waals surface area contributed by atoms with E-state index in [-0.39, 0.29) is 0 Å². The summed E-state index contributed by atoms with van der Waals surface area (Å²) in [5, 5.41) is 0. The van der Waals surface area contributed by atoms with Crippen LogP contribution >= 0.6 is 0 Å². The molecular formula is C5H6Te. The molecule has 0 aromatic carbocycles. The Morgan fingerprint density at radius 3 is 1.83 bits per heavy atom. The molecule has 1 rings (SSSR count). The van der Waals surface area contributed by atoms with Crippen molar-refractivity contribution < 1.29 is 0 Å². The Balaban J connectivity index is 2.60. The molecule has 0 radical (unpaired) electrons. The van der Waals surface area contributed by atoms with Crippen LogP contribution in [-0.4, -0.2) is 22.3 Å². The molecule has 0 bridgehead atoms. The fourth-order valence-corrected chi connectivity index (χ4v) is 0.987. The second-order valence-electron chi connectivity index (χ2n) is 1.26. The van der Waals surface area contributed by atoms with Gasteiger partial charge < -0.3 is 0 Å². The van der Waals surface area contributed by atoms with Crippen LogP contribution in [0.25, 0.3) is 0 Å². The molecule has 1 aliphatic rings. The fourth-order valence-electron chi connectivity index (χ4n) is 0.420. The normalized spacial score (nSPS) is 20.2. The molecule has 0 N–H and O–H groups in total. The third-order valence-electron chi connectivity index (χ3n) is 0.728. The molecule has 0 atom stereocenters. The second kappa shape index (κ2) is 1.82.